The molecule has 1 aromatic carbocycles. The first-order chi connectivity index (χ1) is 7.02. The van der Waals surface area contributed by atoms with E-state index in [4.69, 9.17) is 16.7 Å². The molecule has 0 aromatic heterocycles. The summed E-state index contributed by atoms with van der Waals surface area (Å²) in [6.45, 7) is 1.27. The van der Waals surface area contributed by atoms with Gasteiger partial charge < -0.3 is 5.11 Å². The number of carbonyl (C=O) groups excluding carboxylic acids is 1. The largest absolute Gasteiger partial charge is 0.481 e. The van der Waals surface area contributed by atoms with Crippen molar-refractivity contribution in [1.82, 2.24) is 0 Å². The fourth-order valence-electron chi connectivity index (χ4n) is 1.29. The topological polar surface area (TPSA) is 54.4 Å². The molecule has 1 N–H and O–H groups in total. The summed E-state index contributed by atoms with van der Waals surface area (Å²) in [7, 11) is 0. The molecule has 80 valence electrons. The standard InChI is InChI=1S/C11H11ClO3/c1-7(13)9(11(14)15)6-8-4-2-3-5-10(8)12/h2-5,9H,6H2,1H3,(H,14,15). The molecule has 0 spiro atoms. The second-order valence-electron chi connectivity index (χ2n) is 3.30. The van der Waals surface area contributed by atoms with Crippen molar-refractivity contribution >= 4 is 23.4 Å². The maximum atomic E-state index is 11.1. The highest BCUT2D eigenvalue weighted by Gasteiger charge is 2.23. The zero-order chi connectivity index (χ0) is 11.4. The summed E-state index contributed by atoms with van der Waals surface area (Å²) >= 11 is 5.87. The third-order valence-corrected chi connectivity index (χ3v) is 2.54. The molecule has 0 amide bonds. The highest BCUT2D eigenvalue weighted by molar-refractivity contribution is 6.31. The van der Waals surface area contributed by atoms with Gasteiger partial charge in [-0.2, -0.15) is 0 Å². The average Bonchev–Trinajstić information content (AvgIpc) is 2.15. The number of hydrogen-bond donors (Lipinski definition) is 1. The zero-order valence-electron chi connectivity index (χ0n) is 8.24. The summed E-state index contributed by atoms with van der Waals surface area (Å²) in [6, 6.07) is 6.92. The third kappa shape index (κ3) is 3.06. The number of halogens is 1. The van der Waals surface area contributed by atoms with Crippen molar-refractivity contribution in [2.75, 3.05) is 0 Å². The van der Waals surface area contributed by atoms with E-state index >= 15 is 0 Å². The molecule has 0 bridgehead atoms. The first-order valence-electron chi connectivity index (χ1n) is 4.49. The summed E-state index contributed by atoms with van der Waals surface area (Å²) in [5.74, 6) is -2.48. The van der Waals surface area contributed by atoms with Crippen LogP contribution in [0.1, 0.15) is 12.5 Å². The molecule has 0 fully saturated rings. The van der Waals surface area contributed by atoms with Crippen molar-refractivity contribution in [3.63, 3.8) is 0 Å². The normalized spacial score (nSPS) is 12.1. The molecule has 0 saturated heterocycles. The van der Waals surface area contributed by atoms with Gasteiger partial charge in [0.2, 0.25) is 0 Å². The number of Topliss-reactive ketones (excluding diaryl/α,β-unsaturated/α-hetero) is 1. The van der Waals surface area contributed by atoms with Crippen molar-refractivity contribution in [1.29, 1.82) is 0 Å². The number of carbonyl (C=O) groups is 2. The SMILES string of the molecule is CC(=O)C(Cc1ccccc1Cl)C(=O)O. The minimum Gasteiger partial charge on any atom is -0.481 e. The number of benzene rings is 1. The Labute approximate surface area is 92.7 Å². The molecule has 0 aliphatic carbocycles. The molecule has 4 heteroatoms. The molecule has 0 aliphatic rings. The van der Waals surface area contributed by atoms with Crippen LogP contribution in [0.15, 0.2) is 24.3 Å². The molecule has 3 nitrogen and oxygen atoms in total. The first kappa shape index (κ1) is 11.7. The van der Waals surface area contributed by atoms with Crippen LogP contribution in [0.4, 0.5) is 0 Å². The minimum atomic E-state index is -1.11. The maximum Gasteiger partial charge on any atom is 0.314 e. The van der Waals surface area contributed by atoms with Crippen LogP contribution in [0.25, 0.3) is 0 Å². The van der Waals surface area contributed by atoms with Crippen LogP contribution in [0.2, 0.25) is 5.02 Å². The van der Waals surface area contributed by atoms with Gasteiger partial charge in [-0.15, -0.1) is 0 Å². The van der Waals surface area contributed by atoms with E-state index in [0.717, 1.165) is 0 Å². The number of hydrogen-bond acceptors (Lipinski definition) is 2. The van der Waals surface area contributed by atoms with Gasteiger partial charge in [-0.05, 0) is 25.0 Å². The van der Waals surface area contributed by atoms with Crippen LogP contribution in [0.3, 0.4) is 0 Å². The predicted octanol–water partition coefficient (Wildman–Crippen LogP) is 2.17. The highest BCUT2D eigenvalue weighted by Crippen LogP contribution is 2.19. The Morgan fingerprint density at radius 1 is 1.40 bits per heavy atom. The number of ketones is 1. The minimum absolute atomic E-state index is 0.143. The fraction of sp³-hybridized carbons (Fsp3) is 0.273. The monoisotopic (exact) mass is 226 g/mol. The van der Waals surface area contributed by atoms with Gasteiger partial charge in [0.15, 0.2) is 0 Å². The summed E-state index contributed by atoms with van der Waals surface area (Å²) in [5, 5.41) is 9.32. The van der Waals surface area contributed by atoms with Crippen molar-refractivity contribution in [3.8, 4) is 0 Å². The quantitative estimate of drug-likeness (QED) is 0.801. The number of carboxylic acids is 1. The van der Waals surface area contributed by atoms with E-state index in [1.807, 2.05) is 0 Å². The second kappa shape index (κ2) is 4.94. The molecular weight excluding hydrogens is 216 g/mol. The van der Waals surface area contributed by atoms with Crippen LogP contribution in [-0.4, -0.2) is 16.9 Å². The molecule has 0 heterocycles. The molecule has 1 unspecified atom stereocenters. The van der Waals surface area contributed by atoms with E-state index < -0.39 is 11.9 Å². The third-order valence-electron chi connectivity index (χ3n) is 2.17. The Morgan fingerprint density at radius 2 is 2.00 bits per heavy atom. The van der Waals surface area contributed by atoms with Gasteiger partial charge in [0.25, 0.3) is 0 Å². The van der Waals surface area contributed by atoms with Gasteiger partial charge in [-0.1, -0.05) is 29.8 Å². The molecule has 0 saturated carbocycles. The first-order valence-corrected chi connectivity index (χ1v) is 4.87. The number of carboxylic acid groups (broad SMARTS) is 1. The van der Waals surface area contributed by atoms with E-state index in [-0.39, 0.29) is 12.2 Å². The van der Waals surface area contributed by atoms with E-state index in [1.165, 1.54) is 6.92 Å². The van der Waals surface area contributed by atoms with Gasteiger partial charge in [0.1, 0.15) is 11.7 Å². The van der Waals surface area contributed by atoms with Gasteiger partial charge >= 0.3 is 5.97 Å². The number of aliphatic carboxylic acids is 1. The Hall–Kier alpha value is -1.35. The van der Waals surface area contributed by atoms with Crippen molar-refractivity contribution in [2.24, 2.45) is 5.92 Å². The summed E-state index contributed by atoms with van der Waals surface area (Å²) in [6.07, 6.45) is 0.143. The lowest BCUT2D eigenvalue weighted by Crippen LogP contribution is -2.23. The van der Waals surface area contributed by atoms with Gasteiger partial charge in [0, 0.05) is 5.02 Å². The van der Waals surface area contributed by atoms with E-state index in [1.54, 1.807) is 24.3 Å². The smallest absolute Gasteiger partial charge is 0.314 e. The molecule has 1 atom stereocenters. The molecule has 0 radical (unpaired) electrons. The van der Waals surface area contributed by atoms with Crippen LogP contribution < -0.4 is 0 Å². The van der Waals surface area contributed by atoms with E-state index in [0.29, 0.717) is 10.6 Å². The number of rotatable bonds is 4. The van der Waals surface area contributed by atoms with Gasteiger partial charge in [0.05, 0.1) is 0 Å². The lowest BCUT2D eigenvalue weighted by atomic mass is 9.96. The molecular formula is C11H11ClO3. The average molecular weight is 227 g/mol. The Bertz CT molecular complexity index is 373. The summed E-state index contributed by atoms with van der Waals surface area (Å²) < 4.78 is 0. The van der Waals surface area contributed by atoms with Crippen LogP contribution >= 0.6 is 11.6 Å². The molecule has 1 aromatic rings. The molecule has 0 aliphatic heterocycles. The van der Waals surface area contributed by atoms with E-state index in [9.17, 15) is 9.59 Å². The highest BCUT2D eigenvalue weighted by atomic mass is 35.5. The predicted molar refractivity (Wildman–Crippen MR) is 57.0 cm³/mol. The Morgan fingerprint density at radius 3 is 2.47 bits per heavy atom. The fourth-order valence-corrected chi connectivity index (χ4v) is 1.50. The van der Waals surface area contributed by atoms with Gasteiger partial charge in [-0.25, -0.2) is 0 Å². The van der Waals surface area contributed by atoms with Crippen molar-refractivity contribution < 1.29 is 14.7 Å². The van der Waals surface area contributed by atoms with Crippen molar-refractivity contribution in [2.45, 2.75) is 13.3 Å². The van der Waals surface area contributed by atoms with Crippen LogP contribution in [0.5, 0.6) is 0 Å². The Kier molecular flexibility index (Phi) is 3.86. The molecule has 15 heavy (non-hydrogen) atoms. The van der Waals surface area contributed by atoms with Crippen LogP contribution in [0, 0.1) is 5.92 Å². The lowest BCUT2D eigenvalue weighted by molar-refractivity contribution is -0.145. The molecule has 1 rings (SSSR count). The van der Waals surface area contributed by atoms with Crippen molar-refractivity contribution in [3.05, 3.63) is 34.9 Å². The van der Waals surface area contributed by atoms with Crippen LogP contribution in [-0.2, 0) is 16.0 Å². The summed E-state index contributed by atoms with van der Waals surface area (Å²) in [5.41, 5.74) is 0.682. The zero-order valence-corrected chi connectivity index (χ0v) is 8.99. The summed E-state index contributed by atoms with van der Waals surface area (Å²) in [4.78, 5) is 21.9. The maximum absolute atomic E-state index is 11.1. The lowest BCUT2D eigenvalue weighted by Gasteiger charge is -2.09. The van der Waals surface area contributed by atoms with Gasteiger partial charge in [-0.3, -0.25) is 9.59 Å². The van der Waals surface area contributed by atoms with E-state index in [2.05, 4.69) is 0 Å². The Balaban J connectivity index is 2.88. The second-order valence-corrected chi connectivity index (χ2v) is 3.70.